The van der Waals surface area contributed by atoms with Crippen LogP contribution in [0.25, 0.3) is 0 Å². The van der Waals surface area contributed by atoms with Crippen molar-refractivity contribution in [1.82, 2.24) is 0 Å². The van der Waals surface area contributed by atoms with E-state index in [-0.39, 0.29) is 24.9 Å². The first-order valence-electron chi connectivity index (χ1n) is 5.47. The maximum atomic E-state index is 11.5. The van der Waals surface area contributed by atoms with Crippen LogP contribution in [0, 0.1) is 0 Å². The lowest BCUT2D eigenvalue weighted by molar-refractivity contribution is -0.121. The molecule has 0 aliphatic rings. The minimum atomic E-state index is -0.240. The van der Waals surface area contributed by atoms with Gasteiger partial charge in [0.2, 0.25) is 5.91 Å². The minimum Gasteiger partial charge on any atom is -0.495 e. The van der Waals surface area contributed by atoms with Crippen LogP contribution in [-0.4, -0.2) is 39.9 Å². The lowest BCUT2D eigenvalue weighted by atomic mass is 10.2. The number of nitrogens with two attached hydrogens (primary N) is 1. The molecule has 0 aromatic heterocycles. The van der Waals surface area contributed by atoms with Gasteiger partial charge in [0.1, 0.15) is 12.4 Å². The standard InChI is InChI=1S/C12H18N2O4.ClH/c1-16-5-6-18-8-12(15)14-9-3-4-11(17-2)10(13)7-9;/h3-4,7H,5-6,8,13H2,1-2H3,(H,14,15);1H. The maximum absolute atomic E-state index is 11.5. The van der Waals surface area contributed by atoms with Gasteiger partial charge in [-0.1, -0.05) is 0 Å². The van der Waals surface area contributed by atoms with Crippen LogP contribution in [0.15, 0.2) is 18.2 Å². The Morgan fingerprint density at radius 2 is 2.05 bits per heavy atom. The van der Waals surface area contributed by atoms with E-state index in [9.17, 15) is 4.79 Å². The SMILES string of the molecule is COCCOCC(=O)Nc1ccc(OC)c(N)c1.Cl. The number of ether oxygens (including phenoxy) is 3. The fourth-order valence-electron chi connectivity index (χ4n) is 1.32. The number of carbonyl (C=O) groups excluding carboxylic acids is 1. The predicted molar refractivity (Wildman–Crippen MR) is 76.0 cm³/mol. The molecule has 3 N–H and O–H groups in total. The fourth-order valence-corrected chi connectivity index (χ4v) is 1.32. The Bertz CT molecular complexity index is 401. The van der Waals surface area contributed by atoms with E-state index in [1.165, 1.54) is 7.11 Å². The second kappa shape index (κ2) is 9.43. The highest BCUT2D eigenvalue weighted by molar-refractivity contribution is 5.92. The largest absolute Gasteiger partial charge is 0.495 e. The molecule has 0 saturated heterocycles. The van der Waals surface area contributed by atoms with Gasteiger partial charge in [-0.15, -0.1) is 12.4 Å². The van der Waals surface area contributed by atoms with E-state index in [0.717, 1.165) is 0 Å². The average Bonchev–Trinajstić information content (AvgIpc) is 2.35. The van der Waals surface area contributed by atoms with E-state index >= 15 is 0 Å². The molecule has 19 heavy (non-hydrogen) atoms. The fraction of sp³-hybridized carbons (Fsp3) is 0.417. The van der Waals surface area contributed by atoms with Gasteiger partial charge in [-0.05, 0) is 18.2 Å². The Morgan fingerprint density at radius 1 is 1.32 bits per heavy atom. The predicted octanol–water partition coefficient (Wildman–Crippen LogP) is 1.30. The number of nitrogens with one attached hydrogen (secondary N) is 1. The number of halogens is 1. The second-order valence-electron chi connectivity index (χ2n) is 3.55. The Balaban J connectivity index is 0.00000324. The van der Waals surface area contributed by atoms with Gasteiger partial charge in [0.25, 0.3) is 0 Å². The van der Waals surface area contributed by atoms with Crippen LogP contribution in [0.1, 0.15) is 0 Å². The molecule has 1 aromatic rings. The highest BCUT2D eigenvalue weighted by Gasteiger charge is 2.05. The molecule has 0 unspecified atom stereocenters. The van der Waals surface area contributed by atoms with Crippen molar-refractivity contribution in [2.45, 2.75) is 0 Å². The monoisotopic (exact) mass is 290 g/mol. The Labute approximate surface area is 118 Å². The number of amides is 1. The summed E-state index contributed by atoms with van der Waals surface area (Å²) in [7, 11) is 3.11. The molecule has 0 bridgehead atoms. The molecule has 1 rings (SSSR count). The zero-order valence-corrected chi connectivity index (χ0v) is 11.8. The summed E-state index contributed by atoms with van der Waals surface area (Å²) in [5.74, 6) is 0.333. The first kappa shape index (κ1) is 17.5. The van der Waals surface area contributed by atoms with E-state index in [1.807, 2.05) is 0 Å². The molecule has 1 amide bonds. The number of anilines is 2. The molecule has 0 aliphatic carbocycles. The first-order valence-corrected chi connectivity index (χ1v) is 5.47. The van der Waals surface area contributed by atoms with E-state index in [1.54, 1.807) is 25.3 Å². The van der Waals surface area contributed by atoms with E-state index in [4.69, 9.17) is 19.9 Å². The van der Waals surface area contributed by atoms with Gasteiger partial charge >= 0.3 is 0 Å². The molecule has 0 radical (unpaired) electrons. The van der Waals surface area contributed by atoms with Crippen molar-refractivity contribution in [3.8, 4) is 5.75 Å². The van der Waals surface area contributed by atoms with Crippen LogP contribution in [0.4, 0.5) is 11.4 Å². The van der Waals surface area contributed by atoms with Crippen molar-refractivity contribution in [3.05, 3.63) is 18.2 Å². The van der Waals surface area contributed by atoms with Crippen molar-refractivity contribution >= 4 is 29.7 Å². The number of hydrogen-bond acceptors (Lipinski definition) is 5. The van der Waals surface area contributed by atoms with Crippen molar-refractivity contribution in [3.63, 3.8) is 0 Å². The molecule has 1 aromatic carbocycles. The van der Waals surface area contributed by atoms with Crippen LogP contribution in [0.3, 0.4) is 0 Å². The van der Waals surface area contributed by atoms with Crippen LogP contribution in [0.2, 0.25) is 0 Å². The highest BCUT2D eigenvalue weighted by atomic mass is 35.5. The Hall–Kier alpha value is -1.50. The Kier molecular flexibility index (Phi) is 8.69. The quantitative estimate of drug-likeness (QED) is 0.584. The minimum absolute atomic E-state index is 0. The van der Waals surface area contributed by atoms with Gasteiger partial charge in [-0.2, -0.15) is 0 Å². The highest BCUT2D eigenvalue weighted by Crippen LogP contribution is 2.24. The summed E-state index contributed by atoms with van der Waals surface area (Å²) in [6.07, 6.45) is 0. The van der Waals surface area contributed by atoms with Crippen molar-refractivity contribution in [1.29, 1.82) is 0 Å². The molecule has 0 saturated carbocycles. The number of methoxy groups -OCH3 is 2. The molecule has 6 nitrogen and oxygen atoms in total. The molecule has 0 atom stereocenters. The number of rotatable bonds is 7. The normalized spacial score (nSPS) is 9.58. The zero-order valence-electron chi connectivity index (χ0n) is 11.0. The lowest BCUT2D eigenvalue weighted by Gasteiger charge is -2.09. The number of nitrogen functional groups attached to an aromatic ring is 1. The van der Waals surface area contributed by atoms with Crippen LogP contribution in [-0.2, 0) is 14.3 Å². The van der Waals surface area contributed by atoms with Crippen molar-refractivity contribution in [2.75, 3.05) is 45.1 Å². The summed E-state index contributed by atoms with van der Waals surface area (Å²) in [6, 6.07) is 5.03. The number of benzene rings is 1. The third-order valence-electron chi connectivity index (χ3n) is 2.18. The maximum Gasteiger partial charge on any atom is 0.250 e. The summed E-state index contributed by atoms with van der Waals surface area (Å²) >= 11 is 0. The Morgan fingerprint density at radius 3 is 2.63 bits per heavy atom. The molecule has 0 heterocycles. The topological polar surface area (TPSA) is 82.8 Å². The summed E-state index contributed by atoms with van der Waals surface area (Å²) < 4.78 is 14.9. The third kappa shape index (κ3) is 6.28. The van der Waals surface area contributed by atoms with Gasteiger partial charge in [-0.25, -0.2) is 0 Å². The smallest absolute Gasteiger partial charge is 0.250 e. The van der Waals surface area contributed by atoms with Crippen LogP contribution >= 0.6 is 12.4 Å². The van der Waals surface area contributed by atoms with Gasteiger partial charge in [0.15, 0.2) is 0 Å². The van der Waals surface area contributed by atoms with E-state index in [0.29, 0.717) is 30.3 Å². The van der Waals surface area contributed by atoms with Crippen LogP contribution in [0.5, 0.6) is 5.75 Å². The van der Waals surface area contributed by atoms with Crippen molar-refractivity contribution in [2.24, 2.45) is 0 Å². The van der Waals surface area contributed by atoms with Gasteiger partial charge < -0.3 is 25.3 Å². The van der Waals surface area contributed by atoms with Gasteiger partial charge in [0.05, 0.1) is 26.0 Å². The molecule has 0 fully saturated rings. The number of hydrogen-bond donors (Lipinski definition) is 2. The summed E-state index contributed by atoms with van der Waals surface area (Å²) in [5, 5.41) is 2.67. The molecule has 7 heteroatoms. The second-order valence-corrected chi connectivity index (χ2v) is 3.55. The third-order valence-corrected chi connectivity index (χ3v) is 2.18. The molecular formula is C12H19ClN2O4. The molecule has 108 valence electrons. The zero-order chi connectivity index (χ0) is 13.4. The first-order chi connectivity index (χ1) is 8.67. The van der Waals surface area contributed by atoms with Crippen LogP contribution < -0.4 is 15.8 Å². The van der Waals surface area contributed by atoms with E-state index in [2.05, 4.69) is 5.32 Å². The molecule has 0 spiro atoms. The molecular weight excluding hydrogens is 272 g/mol. The van der Waals surface area contributed by atoms with Gasteiger partial charge in [-0.3, -0.25) is 4.79 Å². The summed E-state index contributed by atoms with van der Waals surface area (Å²) in [5.41, 5.74) is 6.80. The summed E-state index contributed by atoms with van der Waals surface area (Å²) in [6.45, 7) is 0.826. The van der Waals surface area contributed by atoms with Crippen molar-refractivity contribution < 1.29 is 19.0 Å². The summed E-state index contributed by atoms with van der Waals surface area (Å²) in [4.78, 5) is 11.5. The van der Waals surface area contributed by atoms with E-state index < -0.39 is 0 Å². The average molecular weight is 291 g/mol. The van der Waals surface area contributed by atoms with Gasteiger partial charge in [0, 0.05) is 12.8 Å². The lowest BCUT2D eigenvalue weighted by Crippen LogP contribution is -2.19. The number of carbonyl (C=O) groups is 1. The molecule has 0 aliphatic heterocycles.